The largest absolute Gasteiger partial charge is 0.480 e. The molecule has 0 spiro atoms. The summed E-state index contributed by atoms with van der Waals surface area (Å²) < 4.78 is 5.25. The van der Waals surface area contributed by atoms with Crippen molar-refractivity contribution in [3.63, 3.8) is 0 Å². The highest BCUT2D eigenvalue weighted by Crippen LogP contribution is 2.28. The number of benzene rings is 1. The second kappa shape index (κ2) is 5.57. The molecule has 0 aliphatic heterocycles. The summed E-state index contributed by atoms with van der Waals surface area (Å²) in [5, 5.41) is 12.0. The van der Waals surface area contributed by atoms with E-state index in [0.29, 0.717) is 11.8 Å². The van der Waals surface area contributed by atoms with Gasteiger partial charge in [0, 0.05) is 6.04 Å². The molecule has 1 fully saturated rings. The topological polar surface area (TPSA) is 58.6 Å². The molecule has 1 aromatic carbocycles. The molecule has 1 aliphatic carbocycles. The zero-order valence-electron chi connectivity index (χ0n) is 9.69. The van der Waals surface area contributed by atoms with Crippen molar-refractivity contribution in [3.8, 4) is 5.75 Å². The molecule has 4 heteroatoms. The molecule has 0 saturated heterocycles. The fraction of sp³-hybridized carbons (Fsp3) is 0.462. The lowest BCUT2D eigenvalue weighted by Crippen LogP contribution is -2.16. The van der Waals surface area contributed by atoms with Crippen molar-refractivity contribution in [1.29, 1.82) is 0 Å². The van der Waals surface area contributed by atoms with Crippen molar-refractivity contribution in [2.45, 2.75) is 31.7 Å². The lowest BCUT2D eigenvalue weighted by molar-refractivity contribution is -0.139. The number of hydrogen-bond acceptors (Lipinski definition) is 3. The van der Waals surface area contributed by atoms with E-state index in [2.05, 4.69) is 5.32 Å². The van der Waals surface area contributed by atoms with Crippen LogP contribution in [0.15, 0.2) is 24.3 Å². The first-order valence-corrected chi connectivity index (χ1v) is 5.96. The second-order valence-corrected chi connectivity index (χ2v) is 4.30. The highest BCUT2D eigenvalue weighted by molar-refractivity contribution is 5.69. The third-order valence-electron chi connectivity index (χ3n) is 2.95. The average molecular weight is 235 g/mol. The van der Waals surface area contributed by atoms with Gasteiger partial charge in [0.25, 0.3) is 0 Å². The summed E-state index contributed by atoms with van der Waals surface area (Å²) in [6.45, 7) is -0.302. The first kappa shape index (κ1) is 11.8. The molecule has 0 unspecified atom stereocenters. The van der Waals surface area contributed by atoms with E-state index in [1.807, 2.05) is 18.2 Å². The van der Waals surface area contributed by atoms with Crippen molar-refractivity contribution in [2.75, 3.05) is 11.9 Å². The van der Waals surface area contributed by atoms with Gasteiger partial charge in [0.1, 0.15) is 5.75 Å². The number of rotatable bonds is 5. The summed E-state index contributed by atoms with van der Waals surface area (Å²) in [6, 6.07) is 7.97. The lowest BCUT2D eigenvalue weighted by atomic mass is 10.2. The van der Waals surface area contributed by atoms with Crippen LogP contribution in [0.5, 0.6) is 5.75 Å². The molecule has 0 atom stereocenters. The maximum Gasteiger partial charge on any atom is 0.341 e. The fourth-order valence-electron chi connectivity index (χ4n) is 2.14. The number of aliphatic carboxylic acids is 1. The lowest BCUT2D eigenvalue weighted by Gasteiger charge is -2.16. The second-order valence-electron chi connectivity index (χ2n) is 4.30. The number of carbonyl (C=O) groups is 1. The van der Waals surface area contributed by atoms with Crippen LogP contribution in [0.2, 0.25) is 0 Å². The Morgan fingerprint density at radius 1 is 1.35 bits per heavy atom. The van der Waals surface area contributed by atoms with Gasteiger partial charge in [0.2, 0.25) is 0 Å². The van der Waals surface area contributed by atoms with Gasteiger partial charge in [-0.05, 0) is 25.0 Å². The number of hydrogen-bond donors (Lipinski definition) is 2. The third kappa shape index (κ3) is 3.37. The molecule has 1 aliphatic rings. The Balaban J connectivity index is 2.01. The van der Waals surface area contributed by atoms with Crippen LogP contribution in [-0.4, -0.2) is 23.7 Å². The van der Waals surface area contributed by atoms with Gasteiger partial charge in [0.15, 0.2) is 6.61 Å². The fourth-order valence-corrected chi connectivity index (χ4v) is 2.14. The normalized spacial score (nSPS) is 15.8. The highest BCUT2D eigenvalue weighted by Gasteiger charge is 2.16. The number of para-hydroxylation sites is 2. The van der Waals surface area contributed by atoms with E-state index < -0.39 is 5.97 Å². The van der Waals surface area contributed by atoms with Crippen molar-refractivity contribution in [1.82, 2.24) is 0 Å². The van der Waals surface area contributed by atoms with Gasteiger partial charge in [-0.15, -0.1) is 0 Å². The summed E-state index contributed by atoms with van der Waals surface area (Å²) in [6.07, 6.45) is 4.87. The molecule has 1 saturated carbocycles. The summed E-state index contributed by atoms with van der Waals surface area (Å²) in [5.74, 6) is -0.345. The molecule has 0 heterocycles. The Hall–Kier alpha value is -1.71. The predicted molar refractivity (Wildman–Crippen MR) is 65.5 cm³/mol. The first-order valence-electron chi connectivity index (χ1n) is 5.96. The van der Waals surface area contributed by atoms with Gasteiger partial charge in [0.05, 0.1) is 5.69 Å². The maximum absolute atomic E-state index is 10.5. The summed E-state index contributed by atoms with van der Waals surface area (Å²) in [7, 11) is 0. The third-order valence-corrected chi connectivity index (χ3v) is 2.95. The van der Waals surface area contributed by atoms with Crippen LogP contribution in [0.3, 0.4) is 0 Å². The van der Waals surface area contributed by atoms with Gasteiger partial charge in [-0.2, -0.15) is 0 Å². The molecule has 0 bridgehead atoms. The molecule has 0 amide bonds. The van der Waals surface area contributed by atoms with Gasteiger partial charge in [-0.3, -0.25) is 0 Å². The summed E-state index contributed by atoms with van der Waals surface area (Å²) in [5.41, 5.74) is 0.889. The number of nitrogens with one attached hydrogen (secondary N) is 1. The van der Waals surface area contributed by atoms with E-state index in [1.165, 1.54) is 25.7 Å². The monoisotopic (exact) mass is 235 g/mol. The van der Waals surface area contributed by atoms with Crippen LogP contribution < -0.4 is 10.1 Å². The van der Waals surface area contributed by atoms with Crippen molar-refractivity contribution in [3.05, 3.63) is 24.3 Å². The van der Waals surface area contributed by atoms with Crippen LogP contribution in [0.4, 0.5) is 5.69 Å². The van der Waals surface area contributed by atoms with Gasteiger partial charge in [-0.1, -0.05) is 25.0 Å². The number of anilines is 1. The van der Waals surface area contributed by atoms with E-state index in [9.17, 15) is 4.79 Å². The molecule has 2 N–H and O–H groups in total. The molecule has 0 radical (unpaired) electrons. The van der Waals surface area contributed by atoms with E-state index in [1.54, 1.807) is 6.07 Å². The smallest absolute Gasteiger partial charge is 0.341 e. The number of carboxylic acid groups (broad SMARTS) is 1. The zero-order valence-corrected chi connectivity index (χ0v) is 9.69. The molecule has 4 nitrogen and oxygen atoms in total. The highest BCUT2D eigenvalue weighted by atomic mass is 16.5. The van der Waals surface area contributed by atoms with Gasteiger partial charge < -0.3 is 15.2 Å². The molecular formula is C13H17NO3. The minimum absolute atomic E-state index is 0.302. The quantitative estimate of drug-likeness (QED) is 0.823. The molecular weight excluding hydrogens is 218 g/mol. The van der Waals surface area contributed by atoms with E-state index in [0.717, 1.165) is 5.69 Å². The predicted octanol–water partition coefficient (Wildman–Crippen LogP) is 2.50. The van der Waals surface area contributed by atoms with Crippen molar-refractivity contribution in [2.24, 2.45) is 0 Å². The minimum Gasteiger partial charge on any atom is -0.480 e. The Bertz CT molecular complexity index is 386. The first-order chi connectivity index (χ1) is 8.25. The molecule has 17 heavy (non-hydrogen) atoms. The number of carboxylic acids is 1. The van der Waals surface area contributed by atoms with Gasteiger partial charge >= 0.3 is 5.97 Å². The van der Waals surface area contributed by atoms with Crippen LogP contribution in [0.25, 0.3) is 0 Å². The van der Waals surface area contributed by atoms with E-state index >= 15 is 0 Å². The van der Waals surface area contributed by atoms with Gasteiger partial charge in [-0.25, -0.2) is 4.79 Å². The summed E-state index contributed by atoms with van der Waals surface area (Å²) in [4.78, 5) is 10.5. The zero-order chi connectivity index (χ0) is 12.1. The van der Waals surface area contributed by atoms with E-state index in [-0.39, 0.29) is 6.61 Å². The minimum atomic E-state index is -0.958. The Morgan fingerprint density at radius 2 is 2.06 bits per heavy atom. The SMILES string of the molecule is O=C(O)COc1ccccc1NC1CCCC1. The maximum atomic E-state index is 10.5. The van der Waals surface area contributed by atoms with E-state index in [4.69, 9.17) is 9.84 Å². The Morgan fingerprint density at radius 3 is 2.76 bits per heavy atom. The average Bonchev–Trinajstić information content (AvgIpc) is 2.80. The van der Waals surface area contributed by atoms with Crippen molar-refractivity contribution >= 4 is 11.7 Å². The van der Waals surface area contributed by atoms with Crippen LogP contribution in [-0.2, 0) is 4.79 Å². The molecule has 1 aromatic rings. The standard InChI is InChI=1S/C13H17NO3/c15-13(16)9-17-12-8-4-3-7-11(12)14-10-5-1-2-6-10/h3-4,7-8,10,14H,1-2,5-6,9H2,(H,15,16). The Kier molecular flexibility index (Phi) is 3.85. The molecule has 92 valence electrons. The molecule has 2 rings (SSSR count). The van der Waals surface area contributed by atoms with Crippen molar-refractivity contribution < 1.29 is 14.6 Å². The summed E-state index contributed by atoms with van der Waals surface area (Å²) >= 11 is 0. The molecule has 0 aromatic heterocycles. The number of ether oxygens (including phenoxy) is 1. The van der Waals surface area contributed by atoms with Crippen LogP contribution in [0.1, 0.15) is 25.7 Å². The Labute approximate surface area is 101 Å². The van der Waals surface area contributed by atoms with Crippen LogP contribution >= 0.6 is 0 Å². The van der Waals surface area contributed by atoms with Crippen LogP contribution in [0, 0.1) is 0 Å².